The molecule has 1 aliphatic heterocycles. The predicted molar refractivity (Wildman–Crippen MR) is 70.7 cm³/mol. The number of nitrogens with one attached hydrogen (secondary N) is 1. The summed E-state index contributed by atoms with van der Waals surface area (Å²) in [6, 6.07) is 3.56. The second-order valence-electron chi connectivity index (χ2n) is 4.38. The molecule has 1 fully saturated rings. The van der Waals surface area contributed by atoms with Gasteiger partial charge in [0.05, 0.1) is 18.1 Å². The number of rotatable bonds is 4. The van der Waals surface area contributed by atoms with E-state index >= 15 is 0 Å². The maximum atomic E-state index is 11.6. The zero-order valence-corrected chi connectivity index (χ0v) is 11.2. The Balaban J connectivity index is 2.09. The minimum atomic E-state index is -2.91. The first kappa shape index (κ1) is 13.1. The van der Waals surface area contributed by atoms with Crippen LogP contribution in [0.15, 0.2) is 18.3 Å². The van der Waals surface area contributed by atoms with Crippen molar-refractivity contribution in [2.45, 2.75) is 25.8 Å². The molecule has 0 bridgehead atoms. The number of sulfone groups is 1. The third-order valence-corrected chi connectivity index (χ3v) is 4.70. The summed E-state index contributed by atoms with van der Waals surface area (Å²) >= 11 is 0. The number of ether oxygens (including phenoxy) is 1. The van der Waals surface area contributed by atoms with Crippen molar-refractivity contribution < 1.29 is 13.2 Å². The van der Waals surface area contributed by atoms with Gasteiger partial charge in [0.25, 0.3) is 0 Å². The van der Waals surface area contributed by atoms with Crippen LogP contribution in [0.2, 0.25) is 0 Å². The number of anilines is 1. The molecule has 100 valence electrons. The molecule has 0 radical (unpaired) electrons. The maximum Gasteiger partial charge on any atom is 0.168 e. The first-order valence-electron chi connectivity index (χ1n) is 6.15. The van der Waals surface area contributed by atoms with Crippen LogP contribution in [0.5, 0.6) is 5.75 Å². The average Bonchev–Trinajstić information content (AvgIpc) is 2.31. The third-order valence-electron chi connectivity index (χ3n) is 2.87. The Labute approximate surface area is 107 Å². The predicted octanol–water partition coefficient (Wildman–Crippen LogP) is 1.47. The molecular weight excluding hydrogens is 252 g/mol. The SMILES string of the molecule is CCOc1cccnc1NC1CCCS(=O)(=O)C1. The van der Waals surface area contributed by atoms with Crippen molar-refractivity contribution in [3.05, 3.63) is 18.3 Å². The highest BCUT2D eigenvalue weighted by Gasteiger charge is 2.25. The molecule has 0 saturated carbocycles. The van der Waals surface area contributed by atoms with E-state index in [4.69, 9.17) is 4.74 Å². The molecule has 0 aromatic carbocycles. The molecule has 6 heteroatoms. The average molecular weight is 270 g/mol. The molecule has 1 N–H and O–H groups in total. The molecular formula is C12H18N2O3S. The van der Waals surface area contributed by atoms with Crippen molar-refractivity contribution in [3.8, 4) is 5.75 Å². The Hall–Kier alpha value is -1.30. The summed E-state index contributed by atoms with van der Waals surface area (Å²) in [6.07, 6.45) is 3.22. The molecule has 1 unspecified atom stereocenters. The van der Waals surface area contributed by atoms with Crippen LogP contribution >= 0.6 is 0 Å². The molecule has 0 amide bonds. The molecule has 2 rings (SSSR count). The highest BCUT2D eigenvalue weighted by atomic mass is 32.2. The van der Waals surface area contributed by atoms with Crippen molar-refractivity contribution in [2.75, 3.05) is 23.4 Å². The largest absolute Gasteiger partial charge is 0.490 e. The topological polar surface area (TPSA) is 68.3 Å². The molecule has 18 heavy (non-hydrogen) atoms. The first-order valence-corrected chi connectivity index (χ1v) is 7.97. The molecule has 1 atom stereocenters. The zero-order chi connectivity index (χ0) is 13.0. The fourth-order valence-electron chi connectivity index (χ4n) is 2.10. The van der Waals surface area contributed by atoms with Crippen LogP contribution in [-0.4, -0.2) is 37.6 Å². The van der Waals surface area contributed by atoms with Crippen LogP contribution in [0.1, 0.15) is 19.8 Å². The summed E-state index contributed by atoms with van der Waals surface area (Å²) in [7, 11) is -2.91. The smallest absolute Gasteiger partial charge is 0.168 e. The quantitative estimate of drug-likeness (QED) is 0.897. The fraction of sp³-hybridized carbons (Fsp3) is 0.583. The summed E-state index contributed by atoms with van der Waals surface area (Å²) in [6.45, 7) is 2.46. The van der Waals surface area contributed by atoms with Crippen molar-refractivity contribution in [3.63, 3.8) is 0 Å². The van der Waals surface area contributed by atoms with Gasteiger partial charge in [-0.15, -0.1) is 0 Å². The van der Waals surface area contributed by atoms with Gasteiger partial charge >= 0.3 is 0 Å². The number of aromatic nitrogens is 1. The second kappa shape index (κ2) is 5.56. The molecule has 5 nitrogen and oxygen atoms in total. The highest BCUT2D eigenvalue weighted by Crippen LogP contribution is 2.24. The van der Waals surface area contributed by atoms with Gasteiger partial charge in [0.2, 0.25) is 0 Å². The number of hydrogen-bond acceptors (Lipinski definition) is 5. The van der Waals surface area contributed by atoms with E-state index in [-0.39, 0.29) is 11.8 Å². The zero-order valence-electron chi connectivity index (χ0n) is 10.4. The molecule has 1 saturated heterocycles. The van der Waals surface area contributed by atoms with Crippen LogP contribution in [0.3, 0.4) is 0 Å². The molecule has 0 aliphatic carbocycles. The Kier molecular flexibility index (Phi) is 4.06. The lowest BCUT2D eigenvalue weighted by Gasteiger charge is -2.24. The highest BCUT2D eigenvalue weighted by molar-refractivity contribution is 7.91. The summed E-state index contributed by atoms with van der Waals surface area (Å²) in [5.41, 5.74) is 0. The minimum absolute atomic E-state index is 0.0714. The van der Waals surface area contributed by atoms with Gasteiger partial charge in [0, 0.05) is 12.2 Å². The van der Waals surface area contributed by atoms with Crippen molar-refractivity contribution >= 4 is 15.7 Å². The van der Waals surface area contributed by atoms with E-state index in [1.54, 1.807) is 12.3 Å². The summed E-state index contributed by atoms with van der Waals surface area (Å²) in [5, 5.41) is 3.17. The van der Waals surface area contributed by atoms with E-state index in [1.165, 1.54) is 0 Å². The first-order chi connectivity index (χ1) is 8.61. The summed E-state index contributed by atoms with van der Waals surface area (Å²) in [4.78, 5) is 4.21. The standard InChI is InChI=1S/C12H18N2O3S/c1-2-17-11-6-3-7-13-12(11)14-10-5-4-8-18(15,16)9-10/h3,6-7,10H,2,4-5,8-9H2,1H3,(H,13,14). The Morgan fingerprint density at radius 1 is 1.56 bits per heavy atom. The molecule has 1 aromatic heterocycles. The molecule has 1 aromatic rings. The minimum Gasteiger partial charge on any atom is -0.490 e. The van der Waals surface area contributed by atoms with E-state index < -0.39 is 9.84 Å². The third kappa shape index (κ3) is 3.35. The lowest BCUT2D eigenvalue weighted by molar-refractivity contribution is 0.340. The van der Waals surface area contributed by atoms with E-state index in [1.807, 2.05) is 13.0 Å². The van der Waals surface area contributed by atoms with E-state index in [9.17, 15) is 8.42 Å². The van der Waals surface area contributed by atoms with Crippen LogP contribution in [-0.2, 0) is 9.84 Å². The fourth-order valence-corrected chi connectivity index (χ4v) is 3.74. The van der Waals surface area contributed by atoms with Crippen molar-refractivity contribution in [1.82, 2.24) is 4.98 Å². The molecule has 2 heterocycles. The van der Waals surface area contributed by atoms with Gasteiger partial charge < -0.3 is 10.1 Å². The van der Waals surface area contributed by atoms with Gasteiger partial charge in [-0.3, -0.25) is 0 Å². The van der Waals surface area contributed by atoms with E-state index in [0.717, 1.165) is 6.42 Å². The molecule has 1 aliphatic rings. The van der Waals surface area contributed by atoms with Crippen LogP contribution < -0.4 is 10.1 Å². The Morgan fingerprint density at radius 2 is 2.39 bits per heavy atom. The van der Waals surface area contributed by atoms with Gasteiger partial charge in [-0.05, 0) is 31.9 Å². The van der Waals surface area contributed by atoms with Crippen molar-refractivity contribution in [1.29, 1.82) is 0 Å². The number of pyridine rings is 1. The van der Waals surface area contributed by atoms with Gasteiger partial charge in [-0.2, -0.15) is 0 Å². The van der Waals surface area contributed by atoms with Gasteiger partial charge in [0.15, 0.2) is 21.4 Å². The van der Waals surface area contributed by atoms with Gasteiger partial charge in [0.1, 0.15) is 0 Å². The van der Waals surface area contributed by atoms with Crippen LogP contribution in [0.25, 0.3) is 0 Å². The van der Waals surface area contributed by atoms with Crippen LogP contribution in [0, 0.1) is 0 Å². The van der Waals surface area contributed by atoms with Crippen molar-refractivity contribution in [2.24, 2.45) is 0 Å². The normalized spacial score (nSPS) is 22.4. The lowest BCUT2D eigenvalue weighted by Crippen LogP contribution is -2.35. The summed E-state index contributed by atoms with van der Waals surface area (Å²) in [5.74, 6) is 1.77. The Morgan fingerprint density at radius 3 is 3.11 bits per heavy atom. The lowest BCUT2D eigenvalue weighted by atomic mass is 10.2. The van der Waals surface area contributed by atoms with E-state index in [0.29, 0.717) is 30.3 Å². The summed E-state index contributed by atoms with van der Waals surface area (Å²) < 4.78 is 28.6. The Bertz CT molecular complexity index is 502. The number of hydrogen-bond donors (Lipinski definition) is 1. The van der Waals surface area contributed by atoms with Gasteiger partial charge in [-0.1, -0.05) is 0 Å². The van der Waals surface area contributed by atoms with Crippen LogP contribution in [0.4, 0.5) is 5.82 Å². The monoisotopic (exact) mass is 270 g/mol. The van der Waals surface area contributed by atoms with E-state index in [2.05, 4.69) is 10.3 Å². The number of nitrogens with zero attached hydrogens (tertiary/aromatic N) is 1. The second-order valence-corrected chi connectivity index (χ2v) is 6.61. The van der Waals surface area contributed by atoms with Gasteiger partial charge in [-0.25, -0.2) is 13.4 Å². The maximum absolute atomic E-state index is 11.6. The molecule has 0 spiro atoms.